The smallest absolute Gasteiger partial charge is 0.120 e. The minimum absolute atomic E-state index is 0.0412. The lowest BCUT2D eigenvalue weighted by molar-refractivity contribution is 0.280. The van der Waals surface area contributed by atoms with E-state index in [1.807, 2.05) is 25.1 Å². The van der Waals surface area contributed by atoms with Gasteiger partial charge in [0.1, 0.15) is 5.75 Å². The molecule has 0 heterocycles. The van der Waals surface area contributed by atoms with Crippen LogP contribution in [-0.2, 0) is 6.61 Å². The normalized spacial score (nSPS) is 9.92. The molecule has 0 bridgehead atoms. The van der Waals surface area contributed by atoms with Gasteiger partial charge in [-0.15, -0.1) is 0 Å². The predicted octanol–water partition coefficient (Wildman–Crippen LogP) is 2.34. The summed E-state index contributed by atoms with van der Waals surface area (Å²) in [5.74, 6) is 0.788. The highest BCUT2D eigenvalue weighted by Gasteiger charge is 1.98. The van der Waals surface area contributed by atoms with Gasteiger partial charge in [-0.1, -0.05) is 15.9 Å². The van der Waals surface area contributed by atoms with Gasteiger partial charge in [-0.25, -0.2) is 0 Å². The molecule has 1 aromatic carbocycles. The van der Waals surface area contributed by atoms with Crippen LogP contribution in [-0.4, -0.2) is 11.7 Å². The predicted molar refractivity (Wildman–Crippen MR) is 51.2 cm³/mol. The van der Waals surface area contributed by atoms with Crippen molar-refractivity contribution in [2.24, 2.45) is 0 Å². The van der Waals surface area contributed by atoms with E-state index in [2.05, 4.69) is 15.9 Å². The Kier molecular flexibility index (Phi) is 3.56. The third-order valence-electron chi connectivity index (χ3n) is 1.42. The van der Waals surface area contributed by atoms with Crippen molar-refractivity contribution in [2.75, 3.05) is 6.61 Å². The van der Waals surface area contributed by atoms with Crippen molar-refractivity contribution >= 4 is 15.9 Å². The highest BCUT2D eigenvalue weighted by Crippen LogP contribution is 2.21. The molecule has 1 aromatic rings. The van der Waals surface area contributed by atoms with E-state index in [0.29, 0.717) is 6.61 Å². The first-order chi connectivity index (χ1) is 5.76. The van der Waals surface area contributed by atoms with E-state index in [1.165, 1.54) is 0 Å². The number of hydrogen-bond donors (Lipinski definition) is 1. The van der Waals surface area contributed by atoms with Crippen molar-refractivity contribution in [2.45, 2.75) is 13.5 Å². The standard InChI is InChI=1S/C9H11BrO2/c1-2-12-9-4-7(6-11)3-8(10)5-9/h3-5,11H,2,6H2,1H3. The van der Waals surface area contributed by atoms with E-state index >= 15 is 0 Å². The number of benzene rings is 1. The first-order valence-corrected chi connectivity index (χ1v) is 4.58. The van der Waals surface area contributed by atoms with Crippen molar-refractivity contribution < 1.29 is 9.84 Å². The Bertz CT molecular complexity index is 261. The Balaban J connectivity index is 2.90. The summed E-state index contributed by atoms with van der Waals surface area (Å²) in [6.07, 6.45) is 0. The van der Waals surface area contributed by atoms with E-state index in [4.69, 9.17) is 9.84 Å². The number of ether oxygens (including phenoxy) is 1. The maximum absolute atomic E-state index is 8.88. The fourth-order valence-electron chi connectivity index (χ4n) is 0.962. The molecule has 0 fully saturated rings. The SMILES string of the molecule is CCOc1cc(Br)cc(CO)c1. The van der Waals surface area contributed by atoms with Gasteiger partial charge in [0.2, 0.25) is 0 Å². The summed E-state index contributed by atoms with van der Waals surface area (Å²) in [4.78, 5) is 0. The lowest BCUT2D eigenvalue weighted by Crippen LogP contribution is -1.93. The number of aliphatic hydroxyl groups is 1. The van der Waals surface area contributed by atoms with Crippen LogP contribution >= 0.6 is 15.9 Å². The Morgan fingerprint density at radius 1 is 1.42 bits per heavy atom. The van der Waals surface area contributed by atoms with Crippen LogP contribution in [0.4, 0.5) is 0 Å². The molecule has 0 atom stereocenters. The summed E-state index contributed by atoms with van der Waals surface area (Å²) < 4.78 is 6.22. The second-order valence-electron chi connectivity index (χ2n) is 2.39. The van der Waals surface area contributed by atoms with Crippen molar-refractivity contribution in [1.82, 2.24) is 0 Å². The van der Waals surface area contributed by atoms with Crippen LogP contribution in [0.3, 0.4) is 0 Å². The second kappa shape index (κ2) is 4.48. The van der Waals surface area contributed by atoms with Crippen LogP contribution in [0.15, 0.2) is 22.7 Å². The van der Waals surface area contributed by atoms with Gasteiger partial charge in [-0.3, -0.25) is 0 Å². The van der Waals surface area contributed by atoms with Gasteiger partial charge in [0, 0.05) is 4.47 Å². The van der Waals surface area contributed by atoms with Crippen molar-refractivity contribution in [1.29, 1.82) is 0 Å². The Labute approximate surface area is 80.3 Å². The minimum atomic E-state index is 0.0412. The molecule has 1 N–H and O–H groups in total. The molecule has 0 radical (unpaired) electrons. The summed E-state index contributed by atoms with van der Waals surface area (Å²) >= 11 is 3.33. The zero-order valence-corrected chi connectivity index (χ0v) is 8.47. The first-order valence-electron chi connectivity index (χ1n) is 3.79. The molecular weight excluding hydrogens is 220 g/mol. The summed E-state index contributed by atoms with van der Waals surface area (Å²) in [6.45, 7) is 2.61. The van der Waals surface area contributed by atoms with Crippen LogP contribution in [0.25, 0.3) is 0 Å². The van der Waals surface area contributed by atoms with Crippen molar-refractivity contribution in [3.05, 3.63) is 28.2 Å². The molecule has 1 rings (SSSR count). The lowest BCUT2D eigenvalue weighted by atomic mass is 10.2. The molecule has 66 valence electrons. The maximum atomic E-state index is 8.88. The van der Waals surface area contributed by atoms with Gasteiger partial charge in [0.05, 0.1) is 13.2 Å². The molecule has 0 aliphatic rings. The highest BCUT2D eigenvalue weighted by atomic mass is 79.9. The molecule has 0 spiro atoms. The van der Waals surface area contributed by atoms with Crippen LogP contribution in [0.2, 0.25) is 0 Å². The van der Waals surface area contributed by atoms with Crippen LogP contribution < -0.4 is 4.74 Å². The number of hydrogen-bond acceptors (Lipinski definition) is 2. The van der Waals surface area contributed by atoms with E-state index in [9.17, 15) is 0 Å². The topological polar surface area (TPSA) is 29.5 Å². The lowest BCUT2D eigenvalue weighted by Gasteiger charge is -2.05. The Morgan fingerprint density at radius 2 is 2.17 bits per heavy atom. The average molecular weight is 231 g/mol. The number of halogens is 1. The summed E-state index contributed by atoms with van der Waals surface area (Å²) in [5, 5.41) is 8.88. The molecule has 0 saturated carbocycles. The summed E-state index contributed by atoms with van der Waals surface area (Å²) in [6, 6.07) is 5.57. The summed E-state index contributed by atoms with van der Waals surface area (Å²) in [5.41, 5.74) is 0.854. The highest BCUT2D eigenvalue weighted by molar-refractivity contribution is 9.10. The Hall–Kier alpha value is -0.540. The molecule has 12 heavy (non-hydrogen) atoms. The van der Waals surface area contributed by atoms with Crippen molar-refractivity contribution in [3.8, 4) is 5.75 Å². The molecule has 0 aromatic heterocycles. The van der Waals surface area contributed by atoms with Gasteiger partial charge >= 0.3 is 0 Å². The van der Waals surface area contributed by atoms with Gasteiger partial charge in [0.25, 0.3) is 0 Å². The molecule has 0 amide bonds. The van der Waals surface area contributed by atoms with Crippen LogP contribution in [0, 0.1) is 0 Å². The van der Waals surface area contributed by atoms with E-state index in [1.54, 1.807) is 0 Å². The second-order valence-corrected chi connectivity index (χ2v) is 3.30. The third-order valence-corrected chi connectivity index (χ3v) is 1.88. The molecule has 0 aliphatic carbocycles. The molecule has 0 unspecified atom stereocenters. The average Bonchev–Trinajstić information content (AvgIpc) is 2.04. The molecule has 0 aliphatic heterocycles. The monoisotopic (exact) mass is 230 g/mol. The fourth-order valence-corrected chi connectivity index (χ4v) is 1.48. The fraction of sp³-hybridized carbons (Fsp3) is 0.333. The third kappa shape index (κ3) is 2.50. The van der Waals surface area contributed by atoms with E-state index in [0.717, 1.165) is 15.8 Å². The zero-order valence-electron chi connectivity index (χ0n) is 6.88. The Morgan fingerprint density at radius 3 is 2.75 bits per heavy atom. The van der Waals surface area contributed by atoms with Gasteiger partial charge in [-0.2, -0.15) is 0 Å². The number of aliphatic hydroxyl groups excluding tert-OH is 1. The van der Waals surface area contributed by atoms with Crippen LogP contribution in [0.5, 0.6) is 5.75 Å². The first kappa shape index (κ1) is 9.55. The minimum Gasteiger partial charge on any atom is -0.494 e. The van der Waals surface area contributed by atoms with Crippen LogP contribution in [0.1, 0.15) is 12.5 Å². The van der Waals surface area contributed by atoms with Crippen molar-refractivity contribution in [3.63, 3.8) is 0 Å². The molecular formula is C9H11BrO2. The zero-order chi connectivity index (χ0) is 8.97. The molecule has 0 saturated heterocycles. The van der Waals surface area contributed by atoms with E-state index < -0.39 is 0 Å². The van der Waals surface area contributed by atoms with Gasteiger partial charge < -0.3 is 9.84 Å². The quantitative estimate of drug-likeness (QED) is 0.865. The molecule has 2 nitrogen and oxygen atoms in total. The van der Waals surface area contributed by atoms with Gasteiger partial charge in [-0.05, 0) is 30.7 Å². The molecule has 3 heteroatoms. The summed E-state index contributed by atoms with van der Waals surface area (Å²) in [7, 11) is 0. The number of rotatable bonds is 3. The van der Waals surface area contributed by atoms with Gasteiger partial charge in [0.15, 0.2) is 0 Å². The maximum Gasteiger partial charge on any atom is 0.120 e. The largest absolute Gasteiger partial charge is 0.494 e. The van der Waals surface area contributed by atoms with E-state index in [-0.39, 0.29) is 6.61 Å².